The average molecular weight is 470 g/mol. The van der Waals surface area contributed by atoms with E-state index in [9.17, 15) is 12.8 Å². The first-order chi connectivity index (χ1) is 10.8. The van der Waals surface area contributed by atoms with Crippen molar-refractivity contribution in [2.75, 3.05) is 49.6 Å². The van der Waals surface area contributed by atoms with Crippen molar-refractivity contribution in [2.45, 2.75) is 6.42 Å². The Morgan fingerprint density at radius 1 is 1.21 bits per heavy atom. The molecule has 1 aromatic rings. The fraction of sp³-hybridized carbons (Fsp3) is 0.533. The van der Waals surface area contributed by atoms with Gasteiger partial charge in [-0.3, -0.25) is 4.99 Å². The van der Waals surface area contributed by atoms with E-state index in [4.69, 9.17) is 5.73 Å². The number of sulfone groups is 1. The van der Waals surface area contributed by atoms with Gasteiger partial charge in [-0.2, -0.15) is 0 Å². The molecule has 1 aromatic carbocycles. The summed E-state index contributed by atoms with van der Waals surface area (Å²) in [5, 5.41) is 0. The van der Waals surface area contributed by atoms with Gasteiger partial charge in [0.25, 0.3) is 0 Å². The molecule has 1 aliphatic rings. The van der Waals surface area contributed by atoms with Gasteiger partial charge in [0.05, 0.1) is 5.75 Å². The predicted molar refractivity (Wildman–Crippen MR) is 106 cm³/mol. The molecular weight excluding hydrogens is 446 g/mol. The van der Waals surface area contributed by atoms with Crippen LogP contribution in [0.3, 0.4) is 0 Å². The second-order valence-electron chi connectivity index (χ2n) is 5.67. The fourth-order valence-corrected chi connectivity index (χ4v) is 3.12. The SMILES string of the molecule is CS(=O)(=O)CCCN=C(N)N1CCN(c2ccc(F)cc2)CC1.I. The van der Waals surface area contributed by atoms with Crippen molar-refractivity contribution in [3.8, 4) is 0 Å². The number of piperazine rings is 1. The van der Waals surface area contributed by atoms with E-state index >= 15 is 0 Å². The summed E-state index contributed by atoms with van der Waals surface area (Å²) in [5.41, 5.74) is 6.96. The van der Waals surface area contributed by atoms with E-state index in [-0.39, 0.29) is 35.5 Å². The molecule has 0 aromatic heterocycles. The number of hydrogen-bond donors (Lipinski definition) is 1. The number of benzene rings is 1. The number of rotatable bonds is 5. The Balaban J connectivity index is 0.00000288. The first-order valence-electron chi connectivity index (χ1n) is 7.58. The molecule has 0 atom stereocenters. The number of guanidine groups is 1. The minimum atomic E-state index is -2.94. The lowest BCUT2D eigenvalue weighted by Gasteiger charge is -2.36. The molecule has 1 saturated heterocycles. The van der Waals surface area contributed by atoms with Crippen LogP contribution in [-0.4, -0.2) is 64.0 Å². The molecule has 2 N–H and O–H groups in total. The summed E-state index contributed by atoms with van der Waals surface area (Å²) in [6, 6.07) is 6.46. The van der Waals surface area contributed by atoms with Crippen molar-refractivity contribution >= 4 is 45.5 Å². The van der Waals surface area contributed by atoms with Crippen LogP contribution in [0.1, 0.15) is 6.42 Å². The van der Waals surface area contributed by atoms with Crippen molar-refractivity contribution in [2.24, 2.45) is 10.7 Å². The standard InChI is InChI=1S/C15H23FN4O2S.HI/c1-23(21,22)12-2-7-18-15(17)20-10-8-19(9-11-20)14-5-3-13(16)4-6-14;/h3-6H,2,7-12H2,1H3,(H2,17,18);1H. The maximum Gasteiger partial charge on any atom is 0.191 e. The molecule has 0 unspecified atom stereocenters. The monoisotopic (exact) mass is 470 g/mol. The zero-order valence-electron chi connectivity index (χ0n) is 13.7. The van der Waals surface area contributed by atoms with Crippen LogP contribution in [0, 0.1) is 5.82 Å². The highest BCUT2D eigenvalue weighted by atomic mass is 127. The van der Waals surface area contributed by atoms with Gasteiger partial charge in [0.2, 0.25) is 0 Å². The highest BCUT2D eigenvalue weighted by Gasteiger charge is 2.18. The quantitative estimate of drug-likeness (QED) is 0.304. The Kier molecular flexibility index (Phi) is 8.20. The van der Waals surface area contributed by atoms with Gasteiger partial charge in [0.15, 0.2) is 5.96 Å². The van der Waals surface area contributed by atoms with E-state index in [1.54, 1.807) is 12.1 Å². The zero-order chi connectivity index (χ0) is 16.9. The lowest BCUT2D eigenvalue weighted by Crippen LogP contribution is -2.51. The predicted octanol–water partition coefficient (Wildman–Crippen LogP) is 1.32. The third kappa shape index (κ3) is 6.80. The van der Waals surface area contributed by atoms with Crippen LogP contribution in [0.5, 0.6) is 0 Å². The summed E-state index contributed by atoms with van der Waals surface area (Å²) < 4.78 is 35.0. The molecule has 9 heteroatoms. The van der Waals surface area contributed by atoms with Gasteiger partial charge in [-0.05, 0) is 30.7 Å². The van der Waals surface area contributed by atoms with Crippen molar-refractivity contribution in [3.63, 3.8) is 0 Å². The highest BCUT2D eigenvalue weighted by Crippen LogP contribution is 2.16. The van der Waals surface area contributed by atoms with Crippen LogP contribution in [0.4, 0.5) is 10.1 Å². The Labute approximate surface area is 159 Å². The third-order valence-electron chi connectivity index (χ3n) is 3.74. The van der Waals surface area contributed by atoms with Gasteiger partial charge in [-0.25, -0.2) is 12.8 Å². The molecule has 136 valence electrons. The summed E-state index contributed by atoms with van der Waals surface area (Å²) in [7, 11) is -2.94. The minimum absolute atomic E-state index is 0. The molecule has 0 spiro atoms. The number of aliphatic imine (C=N–C) groups is 1. The molecule has 0 bridgehead atoms. The van der Waals surface area contributed by atoms with E-state index in [0.29, 0.717) is 18.9 Å². The normalized spacial score (nSPS) is 16.0. The second kappa shape index (κ2) is 9.40. The molecule has 2 rings (SSSR count). The van der Waals surface area contributed by atoms with E-state index < -0.39 is 9.84 Å². The first-order valence-corrected chi connectivity index (χ1v) is 9.64. The smallest absolute Gasteiger partial charge is 0.191 e. The molecule has 6 nitrogen and oxygen atoms in total. The Morgan fingerprint density at radius 3 is 2.33 bits per heavy atom. The molecule has 0 radical (unpaired) electrons. The van der Waals surface area contributed by atoms with Crippen molar-refractivity contribution < 1.29 is 12.8 Å². The van der Waals surface area contributed by atoms with Gasteiger partial charge < -0.3 is 15.5 Å². The van der Waals surface area contributed by atoms with E-state index in [1.165, 1.54) is 18.4 Å². The maximum atomic E-state index is 12.9. The van der Waals surface area contributed by atoms with Gasteiger partial charge in [0, 0.05) is 44.7 Å². The average Bonchev–Trinajstić information content (AvgIpc) is 2.51. The fourth-order valence-electron chi connectivity index (χ4n) is 2.47. The molecule has 0 saturated carbocycles. The van der Waals surface area contributed by atoms with Gasteiger partial charge in [-0.1, -0.05) is 0 Å². The Bertz CT molecular complexity index is 644. The van der Waals surface area contributed by atoms with Crippen LogP contribution in [-0.2, 0) is 9.84 Å². The van der Waals surface area contributed by atoms with Crippen LogP contribution < -0.4 is 10.6 Å². The number of anilines is 1. The molecule has 1 aliphatic heterocycles. The molecule has 1 fully saturated rings. The minimum Gasteiger partial charge on any atom is -0.370 e. The van der Waals surface area contributed by atoms with Crippen molar-refractivity contribution in [1.29, 1.82) is 0 Å². The number of nitrogens with two attached hydrogens (primary N) is 1. The largest absolute Gasteiger partial charge is 0.370 e. The van der Waals surface area contributed by atoms with Crippen LogP contribution >= 0.6 is 24.0 Å². The van der Waals surface area contributed by atoms with Crippen LogP contribution in [0.25, 0.3) is 0 Å². The second-order valence-corrected chi connectivity index (χ2v) is 7.93. The Hall–Kier alpha value is -1.10. The first kappa shape index (κ1) is 20.9. The van der Waals surface area contributed by atoms with Crippen molar-refractivity contribution in [3.05, 3.63) is 30.1 Å². The molecular formula is C15H24FIN4O2S. The van der Waals surface area contributed by atoms with Gasteiger partial charge in [-0.15, -0.1) is 24.0 Å². The summed E-state index contributed by atoms with van der Waals surface area (Å²) in [6.07, 6.45) is 1.70. The Morgan fingerprint density at radius 2 is 1.79 bits per heavy atom. The van der Waals surface area contributed by atoms with Crippen molar-refractivity contribution in [1.82, 2.24) is 4.90 Å². The van der Waals surface area contributed by atoms with Crippen LogP contribution in [0.15, 0.2) is 29.3 Å². The molecule has 24 heavy (non-hydrogen) atoms. The van der Waals surface area contributed by atoms with Gasteiger partial charge >= 0.3 is 0 Å². The molecule has 0 amide bonds. The molecule has 0 aliphatic carbocycles. The molecule has 1 heterocycles. The lowest BCUT2D eigenvalue weighted by molar-refractivity contribution is 0.380. The van der Waals surface area contributed by atoms with Gasteiger partial charge in [0.1, 0.15) is 15.7 Å². The van der Waals surface area contributed by atoms with E-state index in [2.05, 4.69) is 9.89 Å². The topological polar surface area (TPSA) is 79.0 Å². The van der Waals surface area contributed by atoms with E-state index in [0.717, 1.165) is 31.9 Å². The third-order valence-corrected chi connectivity index (χ3v) is 4.77. The summed E-state index contributed by atoms with van der Waals surface area (Å²) in [4.78, 5) is 8.41. The number of halogens is 2. The van der Waals surface area contributed by atoms with E-state index in [1.807, 2.05) is 4.90 Å². The summed E-state index contributed by atoms with van der Waals surface area (Å²) >= 11 is 0. The number of hydrogen-bond acceptors (Lipinski definition) is 4. The summed E-state index contributed by atoms with van der Waals surface area (Å²) in [6.45, 7) is 3.45. The zero-order valence-corrected chi connectivity index (χ0v) is 16.8. The highest BCUT2D eigenvalue weighted by molar-refractivity contribution is 14.0. The lowest BCUT2D eigenvalue weighted by atomic mass is 10.2. The number of nitrogens with zero attached hydrogens (tertiary/aromatic N) is 3. The summed E-state index contributed by atoms with van der Waals surface area (Å²) in [5.74, 6) is 0.345. The maximum absolute atomic E-state index is 12.9. The van der Waals surface area contributed by atoms with Crippen LogP contribution in [0.2, 0.25) is 0 Å².